The van der Waals surface area contributed by atoms with Gasteiger partial charge in [0.1, 0.15) is 0 Å². The Balaban J connectivity index is 2.03. The second-order valence-corrected chi connectivity index (χ2v) is 5.42. The highest BCUT2D eigenvalue weighted by Crippen LogP contribution is 2.42. The molecule has 0 aromatic carbocycles. The number of hydrogen-bond acceptors (Lipinski definition) is 2. The predicted octanol–water partition coefficient (Wildman–Crippen LogP) is 2.14. The Morgan fingerprint density at radius 3 is 2.79 bits per heavy atom. The number of nitrogens with zero attached hydrogens (tertiary/aromatic N) is 1. The molecule has 2 atom stereocenters. The van der Waals surface area contributed by atoms with E-state index in [1.807, 2.05) is 0 Å². The van der Waals surface area contributed by atoms with Gasteiger partial charge in [0.2, 0.25) is 0 Å². The normalized spacial score (nSPS) is 39.9. The van der Waals surface area contributed by atoms with Crippen LogP contribution >= 0.6 is 0 Å². The van der Waals surface area contributed by atoms with Gasteiger partial charge < -0.3 is 9.64 Å². The third-order valence-corrected chi connectivity index (χ3v) is 4.28. The highest BCUT2D eigenvalue weighted by Gasteiger charge is 2.44. The molecule has 0 amide bonds. The fourth-order valence-corrected chi connectivity index (χ4v) is 2.87. The minimum atomic E-state index is 0.489. The molecule has 0 saturated carbocycles. The first-order valence-electron chi connectivity index (χ1n) is 5.96. The summed E-state index contributed by atoms with van der Waals surface area (Å²) >= 11 is 0. The summed E-state index contributed by atoms with van der Waals surface area (Å²) in [6.07, 6.45) is 2.60. The van der Waals surface area contributed by atoms with Crippen molar-refractivity contribution in [3.05, 3.63) is 0 Å². The zero-order chi connectivity index (χ0) is 10.2. The van der Waals surface area contributed by atoms with E-state index in [0.29, 0.717) is 11.5 Å². The monoisotopic (exact) mass is 197 g/mol. The topological polar surface area (TPSA) is 12.5 Å². The third-order valence-electron chi connectivity index (χ3n) is 4.28. The van der Waals surface area contributed by atoms with Crippen LogP contribution in [0.15, 0.2) is 0 Å². The van der Waals surface area contributed by atoms with Crippen LogP contribution in [0.2, 0.25) is 0 Å². The number of ether oxygens (including phenoxy) is 1. The smallest absolute Gasteiger partial charge is 0.0537 e. The van der Waals surface area contributed by atoms with E-state index in [0.717, 1.165) is 19.1 Å². The molecule has 0 N–H and O–H groups in total. The summed E-state index contributed by atoms with van der Waals surface area (Å²) in [7, 11) is 0. The van der Waals surface area contributed by atoms with Crippen molar-refractivity contribution in [2.24, 2.45) is 11.3 Å². The molecule has 2 fully saturated rings. The van der Waals surface area contributed by atoms with E-state index in [9.17, 15) is 0 Å². The van der Waals surface area contributed by atoms with Gasteiger partial charge in [0.25, 0.3) is 0 Å². The van der Waals surface area contributed by atoms with Crippen molar-refractivity contribution < 1.29 is 4.74 Å². The molecule has 2 heterocycles. The molecule has 2 unspecified atom stereocenters. The Morgan fingerprint density at radius 1 is 1.43 bits per heavy atom. The van der Waals surface area contributed by atoms with Gasteiger partial charge in [-0.25, -0.2) is 0 Å². The Kier molecular flexibility index (Phi) is 2.85. The predicted molar refractivity (Wildman–Crippen MR) is 58.4 cm³/mol. The Labute approximate surface area is 87.6 Å². The van der Waals surface area contributed by atoms with Gasteiger partial charge in [-0.3, -0.25) is 0 Å². The minimum absolute atomic E-state index is 0.489. The lowest BCUT2D eigenvalue weighted by Gasteiger charge is -2.39. The Bertz CT molecular complexity index is 204. The maximum Gasteiger partial charge on any atom is 0.0537 e. The van der Waals surface area contributed by atoms with E-state index in [4.69, 9.17) is 4.74 Å². The average molecular weight is 197 g/mol. The zero-order valence-electron chi connectivity index (χ0n) is 9.75. The molecule has 1 spiro atoms. The third kappa shape index (κ3) is 1.70. The van der Waals surface area contributed by atoms with Gasteiger partial charge in [0, 0.05) is 24.6 Å². The summed E-state index contributed by atoms with van der Waals surface area (Å²) in [4.78, 5) is 2.60. The number of rotatable bonds is 1. The average Bonchev–Trinajstić information content (AvgIpc) is 2.56. The molecule has 0 aromatic heterocycles. The van der Waals surface area contributed by atoms with E-state index in [1.165, 1.54) is 25.9 Å². The molecular weight excluding hydrogens is 174 g/mol. The molecule has 14 heavy (non-hydrogen) atoms. The zero-order valence-corrected chi connectivity index (χ0v) is 9.75. The largest absolute Gasteiger partial charge is 0.381 e. The second kappa shape index (κ2) is 3.82. The summed E-state index contributed by atoms with van der Waals surface area (Å²) < 4.78 is 5.68. The van der Waals surface area contributed by atoms with Gasteiger partial charge in [-0.2, -0.15) is 0 Å². The first-order valence-corrected chi connectivity index (χ1v) is 5.96. The van der Waals surface area contributed by atoms with Crippen molar-refractivity contribution in [1.29, 1.82) is 0 Å². The van der Waals surface area contributed by atoms with Crippen LogP contribution in [-0.4, -0.2) is 37.2 Å². The van der Waals surface area contributed by atoms with Crippen LogP contribution in [-0.2, 0) is 4.74 Å². The molecular formula is C12H23NO. The van der Waals surface area contributed by atoms with Crippen molar-refractivity contribution in [2.75, 3.05) is 26.3 Å². The van der Waals surface area contributed by atoms with Crippen molar-refractivity contribution >= 4 is 0 Å². The van der Waals surface area contributed by atoms with Gasteiger partial charge in [0.05, 0.1) is 6.61 Å². The van der Waals surface area contributed by atoms with Crippen LogP contribution in [0.25, 0.3) is 0 Å². The maximum atomic E-state index is 5.68. The molecule has 0 radical (unpaired) electrons. The van der Waals surface area contributed by atoms with E-state index < -0.39 is 0 Å². The highest BCUT2D eigenvalue weighted by molar-refractivity contribution is 4.95. The molecule has 82 valence electrons. The second-order valence-electron chi connectivity index (χ2n) is 5.42. The van der Waals surface area contributed by atoms with Crippen LogP contribution in [0, 0.1) is 11.3 Å². The molecule has 2 heteroatoms. The quantitative estimate of drug-likeness (QED) is 0.638. The van der Waals surface area contributed by atoms with Crippen LogP contribution in [0.4, 0.5) is 0 Å². The van der Waals surface area contributed by atoms with E-state index in [2.05, 4.69) is 25.7 Å². The summed E-state index contributed by atoms with van der Waals surface area (Å²) in [5.74, 6) is 0.847. The lowest BCUT2D eigenvalue weighted by molar-refractivity contribution is -0.0409. The highest BCUT2D eigenvalue weighted by atomic mass is 16.5. The Morgan fingerprint density at radius 2 is 2.21 bits per heavy atom. The van der Waals surface area contributed by atoms with Crippen molar-refractivity contribution in [1.82, 2.24) is 4.90 Å². The van der Waals surface area contributed by atoms with Crippen LogP contribution in [0.3, 0.4) is 0 Å². The van der Waals surface area contributed by atoms with E-state index >= 15 is 0 Å². The molecule has 2 aliphatic heterocycles. The van der Waals surface area contributed by atoms with E-state index in [1.54, 1.807) is 0 Å². The first-order chi connectivity index (χ1) is 6.64. The summed E-state index contributed by atoms with van der Waals surface area (Å²) in [5.41, 5.74) is 0.489. The van der Waals surface area contributed by atoms with Crippen LogP contribution < -0.4 is 0 Å². The lowest BCUT2D eigenvalue weighted by atomic mass is 9.73. The number of likely N-dealkylation sites (tertiary alicyclic amines) is 1. The molecule has 2 rings (SSSR count). The van der Waals surface area contributed by atoms with Gasteiger partial charge in [-0.15, -0.1) is 0 Å². The van der Waals surface area contributed by atoms with Gasteiger partial charge in [0.15, 0.2) is 0 Å². The van der Waals surface area contributed by atoms with Gasteiger partial charge in [-0.05, 0) is 39.2 Å². The van der Waals surface area contributed by atoms with Gasteiger partial charge >= 0.3 is 0 Å². The summed E-state index contributed by atoms with van der Waals surface area (Å²) in [6.45, 7) is 11.5. The van der Waals surface area contributed by atoms with Crippen molar-refractivity contribution in [3.8, 4) is 0 Å². The molecule has 2 aliphatic rings. The van der Waals surface area contributed by atoms with Crippen molar-refractivity contribution in [2.45, 2.75) is 39.7 Å². The van der Waals surface area contributed by atoms with Gasteiger partial charge in [-0.1, -0.05) is 6.92 Å². The maximum absolute atomic E-state index is 5.68. The standard InChI is InChI=1S/C12H23NO/c1-10(2)13-6-5-12(8-13)9-14-7-4-11(12)3/h10-11H,4-9H2,1-3H3. The van der Waals surface area contributed by atoms with Crippen LogP contribution in [0.1, 0.15) is 33.6 Å². The van der Waals surface area contributed by atoms with Crippen LogP contribution in [0.5, 0.6) is 0 Å². The van der Waals surface area contributed by atoms with Crippen molar-refractivity contribution in [3.63, 3.8) is 0 Å². The first kappa shape index (κ1) is 10.4. The summed E-state index contributed by atoms with van der Waals surface area (Å²) in [6, 6.07) is 0.698. The lowest BCUT2D eigenvalue weighted by Crippen LogP contribution is -2.42. The fourth-order valence-electron chi connectivity index (χ4n) is 2.87. The molecule has 0 aliphatic carbocycles. The molecule has 2 nitrogen and oxygen atoms in total. The Hall–Kier alpha value is -0.0800. The SMILES string of the molecule is CC(C)N1CCC2(COCCC2C)C1. The minimum Gasteiger partial charge on any atom is -0.381 e. The fraction of sp³-hybridized carbons (Fsp3) is 1.00. The van der Waals surface area contributed by atoms with E-state index in [-0.39, 0.29) is 0 Å². The summed E-state index contributed by atoms with van der Waals surface area (Å²) in [5, 5.41) is 0. The number of hydrogen-bond donors (Lipinski definition) is 0. The molecule has 2 saturated heterocycles. The molecule has 0 aromatic rings. The molecule has 0 bridgehead atoms.